The number of fused-ring (bicyclic) bond motifs is 1. The van der Waals surface area contributed by atoms with Crippen molar-refractivity contribution >= 4 is 10.8 Å². The van der Waals surface area contributed by atoms with Gasteiger partial charge in [0, 0.05) is 6.42 Å². The van der Waals surface area contributed by atoms with Crippen LogP contribution in [0, 0.1) is 0 Å². The fourth-order valence-electron chi connectivity index (χ4n) is 3.46. The van der Waals surface area contributed by atoms with E-state index in [4.69, 9.17) is 9.47 Å². The molecule has 0 bridgehead atoms. The highest BCUT2D eigenvalue weighted by molar-refractivity contribution is 5.83. The van der Waals surface area contributed by atoms with Crippen LogP contribution in [0.1, 0.15) is 45.8 Å². The molecule has 1 aliphatic heterocycles. The summed E-state index contributed by atoms with van der Waals surface area (Å²) < 4.78 is 26.0. The number of ether oxygens (including phenoxy) is 2. The van der Waals surface area contributed by atoms with Gasteiger partial charge in [0.05, 0.1) is 17.8 Å². The molecule has 0 aromatic heterocycles. The average Bonchev–Trinajstić information content (AvgIpc) is 2.54. The first-order chi connectivity index (χ1) is 11.7. The lowest BCUT2D eigenvalue weighted by molar-refractivity contribution is -0.222. The van der Waals surface area contributed by atoms with Crippen LogP contribution in [0.4, 0.5) is 4.39 Å². The van der Waals surface area contributed by atoms with Gasteiger partial charge in [-0.2, -0.15) is 0 Å². The number of rotatable bonds is 3. The largest absolute Gasteiger partial charge is 0.388 e. The molecule has 136 valence electrons. The van der Waals surface area contributed by atoms with Gasteiger partial charge in [0.25, 0.3) is 0 Å². The van der Waals surface area contributed by atoms with Crippen LogP contribution in [0.3, 0.4) is 0 Å². The van der Waals surface area contributed by atoms with Crippen LogP contribution in [0.5, 0.6) is 0 Å². The molecule has 4 heteroatoms. The summed E-state index contributed by atoms with van der Waals surface area (Å²) in [5, 5.41) is 12.8. The minimum Gasteiger partial charge on any atom is -0.388 e. The number of aliphatic hydroxyl groups is 1. The minimum absolute atomic E-state index is 0.302. The third-order valence-corrected chi connectivity index (χ3v) is 4.59. The SMILES string of the molecule is CC(F)[C@H]1O[C@@H](c2ccc3ccccc3c2)C[C@@H](OC(C)(C)C)[C@@H]1O. The molecule has 1 heterocycles. The molecule has 0 aliphatic carbocycles. The van der Waals surface area contributed by atoms with Crippen molar-refractivity contribution in [3.05, 3.63) is 48.0 Å². The highest BCUT2D eigenvalue weighted by atomic mass is 19.1. The molecule has 25 heavy (non-hydrogen) atoms. The number of alkyl halides is 1. The fourth-order valence-corrected chi connectivity index (χ4v) is 3.46. The maximum Gasteiger partial charge on any atom is 0.126 e. The molecule has 0 amide bonds. The maximum absolute atomic E-state index is 14.0. The Hall–Kier alpha value is -1.49. The van der Waals surface area contributed by atoms with Gasteiger partial charge in [0.1, 0.15) is 18.4 Å². The molecule has 3 rings (SSSR count). The van der Waals surface area contributed by atoms with Crippen molar-refractivity contribution in [2.45, 2.75) is 70.3 Å². The first-order valence-electron chi connectivity index (χ1n) is 8.89. The topological polar surface area (TPSA) is 38.7 Å². The summed E-state index contributed by atoms with van der Waals surface area (Å²) in [6, 6.07) is 14.2. The lowest BCUT2D eigenvalue weighted by Gasteiger charge is -2.42. The first-order valence-corrected chi connectivity index (χ1v) is 8.89. The van der Waals surface area contributed by atoms with Crippen LogP contribution in [0.25, 0.3) is 10.8 Å². The smallest absolute Gasteiger partial charge is 0.126 e. The van der Waals surface area contributed by atoms with Crippen LogP contribution in [-0.4, -0.2) is 35.2 Å². The molecule has 1 aliphatic rings. The van der Waals surface area contributed by atoms with E-state index < -0.39 is 30.1 Å². The van der Waals surface area contributed by atoms with E-state index in [1.807, 2.05) is 45.0 Å². The molecule has 1 fully saturated rings. The monoisotopic (exact) mass is 346 g/mol. The Labute approximate surface area is 148 Å². The fraction of sp³-hybridized carbons (Fsp3) is 0.524. The van der Waals surface area contributed by atoms with Gasteiger partial charge in [0.15, 0.2) is 0 Å². The zero-order chi connectivity index (χ0) is 18.2. The van der Waals surface area contributed by atoms with E-state index in [1.165, 1.54) is 6.92 Å². The Kier molecular flexibility index (Phi) is 5.14. The molecule has 0 radical (unpaired) electrons. The van der Waals surface area contributed by atoms with E-state index in [0.717, 1.165) is 16.3 Å². The normalized spacial score (nSPS) is 28.9. The van der Waals surface area contributed by atoms with E-state index in [1.54, 1.807) is 0 Å². The maximum atomic E-state index is 14.0. The summed E-state index contributed by atoms with van der Waals surface area (Å²) in [6.07, 6.45) is -3.41. The van der Waals surface area contributed by atoms with Crippen molar-refractivity contribution in [1.82, 2.24) is 0 Å². The zero-order valence-electron chi connectivity index (χ0n) is 15.3. The van der Waals surface area contributed by atoms with Gasteiger partial charge in [-0.05, 0) is 50.1 Å². The Bertz CT molecular complexity index is 722. The second-order valence-electron chi connectivity index (χ2n) is 7.87. The molecular formula is C21H27FO3. The van der Waals surface area contributed by atoms with E-state index >= 15 is 0 Å². The van der Waals surface area contributed by atoms with Crippen molar-refractivity contribution in [2.24, 2.45) is 0 Å². The zero-order valence-corrected chi connectivity index (χ0v) is 15.3. The van der Waals surface area contributed by atoms with Crippen molar-refractivity contribution in [3.63, 3.8) is 0 Å². The molecule has 1 saturated heterocycles. The molecule has 2 aromatic carbocycles. The van der Waals surface area contributed by atoms with E-state index in [9.17, 15) is 9.50 Å². The Morgan fingerprint density at radius 3 is 2.48 bits per heavy atom. The van der Waals surface area contributed by atoms with Crippen molar-refractivity contribution in [3.8, 4) is 0 Å². The van der Waals surface area contributed by atoms with Crippen molar-refractivity contribution < 1.29 is 19.0 Å². The number of aliphatic hydroxyl groups excluding tert-OH is 1. The van der Waals surface area contributed by atoms with Crippen molar-refractivity contribution in [1.29, 1.82) is 0 Å². The van der Waals surface area contributed by atoms with Crippen LogP contribution in [-0.2, 0) is 9.47 Å². The second kappa shape index (κ2) is 7.02. The molecular weight excluding hydrogens is 319 g/mol. The second-order valence-corrected chi connectivity index (χ2v) is 7.87. The molecule has 1 unspecified atom stereocenters. The molecule has 2 aromatic rings. The van der Waals surface area contributed by atoms with Crippen LogP contribution in [0.2, 0.25) is 0 Å². The summed E-state index contributed by atoms with van der Waals surface area (Å²) in [7, 11) is 0. The molecule has 3 nitrogen and oxygen atoms in total. The minimum atomic E-state index is -1.27. The highest BCUT2D eigenvalue weighted by Gasteiger charge is 2.43. The van der Waals surface area contributed by atoms with Gasteiger partial charge < -0.3 is 14.6 Å². The number of halogens is 1. The standard InChI is InChI=1S/C21H27FO3/c1-13(22)20-19(23)18(25-21(2,3)4)12-17(24-20)16-10-9-14-7-5-6-8-15(14)11-16/h5-11,13,17-20,23H,12H2,1-4H3/t13?,17-,18-,19+,20-/m1/s1. The van der Waals surface area contributed by atoms with Crippen LogP contribution < -0.4 is 0 Å². The molecule has 0 saturated carbocycles. The number of benzene rings is 2. The third kappa shape index (κ3) is 4.20. The van der Waals surface area contributed by atoms with E-state index in [-0.39, 0.29) is 6.10 Å². The van der Waals surface area contributed by atoms with Gasteiger partial charge in [-0.3, -0.25) is 0 Å². The van der Waals surface area contributed by atoms with Gasteiger partial charge in [-0.1, -0.05) is 36.4 Å². The van der Waals surface area contributed by atoms with Gasteiger partial charge in [0.2, 0.25) is 0 Å². The van der Waals surface area contributed by atoms with E-state index in [2.05, 4.69) is 18.2 Å². The first kappa shape index (κ1) is 18.3. The Morgan fingerprint density at radius 1 is 1.16 bits per heavy atom. The van der Waals surface area contributed by atoms with Crippen LogP contribution in [0.15, 0.2) is 42.5 Å². The Balaban J connectivity index is 1.90. The lowest BCUT2D eigenvalue weighted by atomic mass is 9.90. The van der Waals surface area contributed by atoms with Crippen LogP contribution >= 0.6 is 0 Å². The van der Waals surface area contributed by atoms with E-state index in [0.29, 0.717) is 6.42 Å². The molecule has 0 spiro atoms. The quantitative estimate of drug-likeness (QED) is 0.884. The van der Waals surface area contributed by atoms with Gasteiger partial charge >= 0.3 is 0 Å². The molecule has 1 N–H and O–H groups in total. The number of hydrogen-bond donors (Lipinski definition) is 1. The van der Waals surface area contributed by atoms with Crippen molar-refractivity contribution in [2.75, 3.05) is 0 Å². The highest BCUT2D eigenvalue weighted by Crippen LogP contribution is 2.37. The third-order valence-electron chi connectivity index (χ3n) is 4.59. The molecule has 5 atom stereocenters. The predicted octanol–water partition coefficient (Wildman–Crippen LogP) is 4.57. The van der Waals surface area contributed by atoms with Gasteiger partial charge in [-0.25, -0.2) is 4.39 Å². The summed E-state index contributed by atoms with van der Waals surface area (Å²) in [6.45, 7) is 7.24. The Morgan fingerprint density at radius 2 is 1.84 bits per heavy atom. The average molecular weight is 346 g/mol. The lowest BCUT2D eigenvalue weighted by Crippen LogP contribution is -2.52. The number of hydrogen-bond acceptors (Lipinski definition) is 3. The summed E-state index contributed by atoms with van der Waals surface area (Å²) in [5.74, 6) is 0. The van der Waals surface area contributed by atoms with Gasteiger partial charge in [-0.15, -0.1) is 0 Å². The summed E-state index contributed by atoms with van der Waals surface area (Å²) in [5.41, 5.74) is 0.569. The predicted molar refractivity (Wildman–Crippen MR) is 97.4 cm³/mol. The summed E-state index contributed by atoms with van der Waals surface area (Å²) in [4.78, 5) is 0. The summed E-state index contributed by atoms with van der Waals surface area (Å²) >= 11 is 0.